The van der Waals surface area contributed by atoms with Gasteiger partial charge in [-0.3, -0.25) is 14.3 Å². The summed E-state index contributed by atoms with van der Waals surface area (Å²) in [5.74, 6) is 0.592. The van der Waals surface area contributed by atoms with Gasteiger partial charge in [-0.05, 0) is 24.1 Å². The lowest BCUT2D eigenvalue weighted by atomic mass is 10.1. The zero-order valence-electron chi connectivity index (χ0n) is 14.0. The van der Waals surface area contributed by atoms with Gasteiger partial charge in [-0.2, -0.15) is 0 Å². The van der Waals surface area contributed by atoms with E-state index in [2.05, 4.69) is 20.3 Å². The van der Waals surface area contributed by atoms with Gasteiger partial charge < -0.3 is 15.2 Å². The number of fused-ring (bicyclic) bond motifs is 1. The van der Waals surface area contributed by atoms with Crippen molar-refractivity contribution in [1.29, 1.82) is 0 Å². The van der Waals surface area contributed by atoms with E-state index < -0.39 is 0 Å². The summed E-state index contributed by atoms with van der Waals surface area (Å²) in [6, 6.07) is 5.84. The predicted octanol–water partition coefficient (Wildman–Crippen LogP) is 0.318. The maximum absolute atomic E-state index is 11.8. The van der Waals surface area contributed by atoms with Crippen LogP contribution in [0.1, 0.15) is 12.0 Å². The zero-order chi connectivity index (χ0) is 17.4. The number of nitrogens with one attached hydrogen (secondary N) is 3. The van der Waals surface area contributed by atoms with Gasteiger partial charge in [0, 0.05) is 56.6 Å². The van der Waals surface area contributed by atoms with Crippen molar-refractivity contribution in [2.75, 3.05) is 18.0 Å². The third-order valence-corrected chi connectivity index (χ3v) is 4.79. The second-order valence-electron chi connectivity index (χ2n) is 6.38. The van der Waals surface area contributed by atoms with Crippen LogP contribution in [0.3, 0.4) is 0 Å². The third-order valence-electron chi connectivity index (χ3n) is 4.79. The Morgan fingerprint density at radius 3 is 3.08 bits per heavy atom. The molecule has 130 valence electrons. The van der Waals surface area contributed by atoms with Gasteiger partial charge in [0.1, 0.15) is 11.5 Å². The van der Waals surface area contributed by atoms with E-state index in [0.29, 0.717) is 11.9 Å². The number of hydrogen-bond donors (Lipinski definition) is 3. The Morgan fingerprint density at radius 2 is 2.24 bits per heavy atom. The lowest BCUT2D eigenvalue weighted by Gasteiger charge is -2.18. The molecule has 3 aromatic rings. The molecule has 8 heteroatoms. The molecule has 0 saturated carbocycles. The van der Waals surface area contributed by atoms with Crippen LogP contribution in [0.2, 0.25) is 0 Å². The summed E-state index contributed by atoms with van der Waals surface area (Å²) in [7, 11) is 1.47. The standard InChI is InChI=1S/C17H20N6O2/c1-22-15(24)8-14(21-17(22)25)23-7-4-12(10-23)20-9-11-2-5-18-16-13(11)3-6-19-16/h2-3,5-6,8,12,20H,4,7,9-10H2,1H3,(H,18,19)(H,21,25)/t12-/m1/s1. The molecule has 1 fully saturated rings. The third kappa shape index (κ3) is 2.96. The molecule has 1 atom stereocenters. The highest BCUT2D eigenvalue weighted by atomic mass is 16.2. The number of aromatic amines is 2. The number of H-pyrrole nitrogens is 2. The number of hydrogen-bond acceptors (Lipinski definition) is 5. The Bertz CT molecular complexity index is 986. The maximum Gasteiger partial charge on any atom is 0.329 e. The molecule has 1 aliphatic rings. The first-order chi connectivity index (χ1) is 12.1. The average Bonchev–Trinajstić information content (AvgIpc) is 3.26. The molecule has 1 saturated heterocycles. The van der Waals surface area contributed by atoms with Gasteiger partial charge in [0.15, 0.2) is 0 Å². The molecule has 0 spiro atoms. The molecule has 0 aromatic carbocycles. The number of anilines is 1. The Kier molecular flexibility index (Phi) is 3.89. The highest BCUT2D eigenvalue weighted by molar-refractivity contribution is 5.79. The lowest BCUT2D eigenvalue weighted by Crippen LogP contribution is -2.36. The van der Waals surface area contributed by atoms with Gasteiger partial charge in [0.25, 0.3) is 5.56 Å². The van der Waals surface area contributed by atoms with Crippen LogP contribution in [0.5, 0.6) is 0 Å². The molecule has 4 heterocycles. The molecule has 3 aromatic heterocycles. The van der Waals surface area contributed by atoms with Gasteiger partial charge in [0.05, 0.1) is 0 Å². The summed E-state index contributed by atoms with van der Waals surface area (Å²) < 4.78 is 1.07. The van der Waals surface area contributed by atoms with E-state index in [1.807, 2.05) is 23.2 Å². The molecule has 0 unspecified atom stereocenters. The molecule has 4 rings (SSSR count). The van der Waals surface area contributed by atoms with Crippen LogP contribution in [0.25, 0.3) is 11.0 Å². The quantitative estimate of drug-likeness (QED) is 0.635. The van der Waals surface area contributed by atoms with E-state index in [1.165, 1.54) is 18.7 Å². The number of nitrogens with zero attached hydrogens (tertiary/aromatic N) is 3. The van der Waals surface area contributed by atoms with Crippen molar-refractivity contribution >= 4 is 16.9 Å². The fourth-order valence-corrected chi connectivity index (χ4v) is 3.29. The van der Waals surface area contributed by atoms with E-state index in [1.54, 1.807) is 6.20 Å². The molecule has 0 aliphatic carbocycles. The largest absolute Gasteiger partial charge is 0.356 e. The zero-order valence-corrected chi connectivity index (χ0v) is 14.0. The first-order valence-corrected chi connectivity index (χ1v) is 8.31. The molecule has 8 nitrogen and oxygen atoms in total. The second-order valence-corrected chi connectivity index (χ2v) is 6.38. The van der Waals surface area contributed by atoms with Crippen molar-refractivity contribution in [3.05, 3.63) is 57.0 Å². The van der Waals surface area contributed by atoms with Gasteiger partial charge in [0.2, 0.25) is 0 Å². The van der Waals surface area contributed by atoms with Crippen LogP contribution in [0.4, 0.5) is 5.82 Å². The molecule has 1 aliphatic heterocycles. The van der Waals surface area contributed by atoms with Gasteiger partial charge in [-0.25, -0.2) is 9.78 Å². The second kappa shape index (κ2) is 6.21. The van der Waals surface area contributed by atoms with Crippen LogP contribution in [-0.4, -0.2) is 38.7 Å². The van der Waals surface area contributed by atoms with Gasteiger partial charge >= 0.3 is 5.69 Å². The Balaban J connectivity index is 1.44. The highest BCUT2D eigenvalue weighted by Gasteiger charge is 2.23. The van der Waals surface area contributed by atoms with Crippen molar-refractivity contribution in [2.45, 2.75) is 19.0 Å². The average molecular weight is 340 g/mol. The smallest absolute Gasteiger partial charge is 0.329 e. The highest BCUT2D eigenvalue weighted by Crippen LogP contribution is 2.18. The molecule has 0 amide bonds. The van der Waals surface area contributed by atoms with Crippen LogP contribution < -0.4 is 21.5 Å². The topological polar surface area (TPSA) is 98.8 Å². The van der Waals surface area contributed by atoms with Crippen molar-refractivity contribution in [1.82, 2.24) is 24.8 Å². The Morgan fingerprint density at radius 1 is 1.36 bits per heavy atom. The SMILES string of the molecule is Cn1c(=O)cc(N2CC[C@@H](NCc3ccnc4[nH]ccc34)C2)[nH]c1=O. The minimum atomic E-state index is -0.384. The Labute approximate surface area is 143 Å². The van der Waals surface area contributed by atoms with Crippen LogP contribution in [-0.2, 0) is 13.6 Å². The van der Waals surface area contributed by atoms with Gasteiger partial charge in [-0.1, -0.05) is 0 Å². The molecule has 3 N–H and O–H groups in total. The summed E-state index contributed by atoms with van der Waals surface area (Å²) in [4.78, 5) is 35.8. The fraction of sp³-hybridized carbons (Fsp3) is 0.353. The van der Waals surface area contributed by atoms with Crippen LogP contribution in [0.15, 0.2) is 40.2 Å². The maximum atomic E-state index is 11.8. The molecular weight excluding hydrogens is 320 g/mol. The van der Waals surface area contributed by atoms with E-state index in [-0.39, 0.29) is 11.2 Å². The van der Waals surface area contributed by atoms with Crippen molar-refractivity contribution in [3.63, 3.8) is 0 Å². The van der Waals surface area contributed by atoms with Crippen LogP contribution in [0, 0.1) is 0 Å². The van der Waals surface area contributed by atoms with Crippen molar-refractivity contribution < 1.29 is 0 Å². The Hall–Kier alpha value is -2.87. The van der Waals surface area contributed by atoms with Crippen molar-refractivity contribution in [3.8, 4) is 0 Å². The van der Waals surface area contributed by atoms with Crippen LogP contribution >= 0.6 is 0 Å². The number of aromatic nitrogens is 4. The fourth-order valence-electron chi connectivity index (χ4n) is 3.29. The minimum Gasteiger partial charge on any atom is -0.356 e. The predicted molar refractivity (Wildman–Crippen MR) is 95.9 cm³/mol. The summed E-state index contributed by atoms with van der Waals surface area (Å²) in [6.07, 6.45) is 4.66. The summed E-state index contributed by atoms with van der Waals surface area (Å²) in [5.41, 5.74) is 1.42. The van der Waals surface area contributed by atoms with Gasteiger partial charge in [-0.15, -0.1) is 0 Å². The molecule has 25 heavy (non-hydrogen) atoms. The first kappa shape index (κ1) is 15.6. The van der Waals surface area contributed by atoms with E-state index in [0.717, 1.165) is 41.7 Å². The van der Waals surface area contributed by atoms with E-state index in [4.69, 9.17) is 0 Å². The summed E-state index contributed by atoms with van der Waals surface area (Å²) >= 11 is 0. The molecule has 0 radical (unpaired) electrons. The number of rotatable bonds is 4. The summed E-state index contributed by atoms with van der Waals surface area (Å²) in [6.45, 7) is 2.31. The number of pyridine rings is 1. The van der Waals surface area contributed by atoms with E-state index in [9.17, 15) is 9.59 Å². The van der Waals surface area contributed by atoms with Crippen molar-refractivity contribution in [2.24, 2.45) is 7.05 Å². The minimum absolute atomic E-state index is 0.290. The molecule has 0 bridgehead atoms. The summed E-state index contributed by atoms with van der Waals surface area (Å²) in [5, 5.41) is 4.69. The monoisotopic (exact) mass is 340 g/mol. The molecular formula is C17H20N6O2. The lowest BCUT2D eigenvalue weighted by molar-refractivity contribution is 0.552. The normalized spacial score (nSPS) is 17.5. The first-order valence-electron chi connectivity index (χ1n) is 8.31. The van der Waals surface area contributed by atoms with E-state index >= 15 is 0 Å².